The quantitative estimate of drug-likeness (QED) is 0.0278. The Hall–Kier alpha value is -1.51. The minimum absolute atomic E-state index is 0.223. The van der Waals surface area contributed by atoms with Crippen LogP contribution >= 0.6 is 0 Å². The van der Waals surface area contributed by atoms with Gasteiger partial charge in [-0.15, -0.1) is 0 Å². The smallest absolute Gasteiger partial charge is 0.249 e. The average Bonchev–Trinajstić information content (AvgIpc) is 3.49. The fourth-order valence-corrected chi connectivity index (χ4v) is 10.9. The van der Waals surface area contributed by atoms with E-state index in [1.165, 1.54) is 154 Å². The highest BCUT2D eigenvalue weighted by molar-refractivity contribution is 5.80. The van der Waals surface area contributed by atoms with Crippen LogP contribution in [0.1, 0.15) is 226 Å². The van der Waals surface area contributed by atoms with Crippen molar-refractivity contribution in [2.45, 2.75) is 336 Å². The van der Waals surface area contributed by atoms with Gasteiger partial charge < -0.3 is 95.0 Å². The van der Waals surface area contributed by atoms with Crippen molar-refractivity contribution >= 4 is 5.91 Å². The third-order valence-electron chi connectivity index (χ3n) is 16.2. The first-order valence-electron chi connectivity index (χ1n) is 31.5. The number of hydrogen-bond donors (Lipinski definition) is 13. The van der Waals surface area contributed by atoms with E-state index in [0.29, 0.717) is 12.8 Å². The number of amides is 1. The molecule has 20 heteroatoms. The van der Waals surface area contributed by atoms with E-state index in [9.17, 15) is 66.1 Å². The van der Waals surface area contributed by atoms with E-state index < -0.39 is 143 Å². The summed E-state index contributed by atoms with van der Waals surface area (Å²) in [6.45, 7) is 1.54. The number of nitrogens with one attached hydrogen (secondary N) is 1. The van der Waals surface area contributed by atoms with E-state index in [-0.39, 0.29) is 6.42 Å². The number of ether oxygens (including phenoxy) is 6. The minimum Gasteiger partial charge on any atom is -0.394 e. The molecule has 0 saturated carbocycles. The summed E-state index contributed by atoms with van der Waals surface area (Å²) in [5.41, 5.74) is 0. The molecule has 20 nitrogen and oxygen atoms in total. The molecule has 0 aromatic carbocycles. The number of hydrogen-bond acceptors (Lipinski definition) is 19. The van der Waals surface area contributed by atoms with Crippen molar-refractivity contribution in [3.63, 3.8) is 0 Å². The molecule has 0 aromatic heterocycles. The van der Waals surface area contributed by atoms with Gasteiger partial charge >= 0.3 is 0 Å². The van der Waals surface area contributed by atoms with Gasteiger partial charge in [-0.25, -0.2) is 0 Å². The van der Waals surface area contributed by atoms with Crippen LogP contribution in [-0.4, -0.2) is 204 Å². The molecule has 3 saturated heterocycles. The van der Waals surface area contributed by atoms with Crippen molar-refractivity contribution in [2.24, 2.45) is 0 Å². The van der Waals surface area contributed by atoms with Gasteiger partial charge in [0.1, 0.15) is 79.4 Å². The summed E-state index contributed by atoms with van der Waals surface area (Å²) in [5.74, 6) is -0.712. The zero-order valence-electron chi connectivity index (χ0n) is 48.9. The third-order valence-corrected chi connectivity index (χ3v) is 16.2. The molecule has 18 atom stereocenters. The van der Waals surface area contributed by atoms with Gasteiger partial charge in [0.15, 0.2) is 18.9 Å². The first kappa shape index (κ1) is 72.7. The second-order valence-electron chi connectivity index (χ2n) is 23.0. The van der Waals surface area contributed by atoms with Crippen LogP contribution < -0.4 is 5.32 Å². The number of allylic oxidation sites excluding steroid dienone is 1. The van der Waals surface area contributed by atoms with E-state index in [0.717, 1.165) is 38.5 Å². The summed E-state index contributed by atoms with van der Waals surface area (Å²) in [6, 6.07) is -1.14. The second kappa shape index (κ2) is 44.0. The molecule has 0 radical (unpaired) electrons. The average molecular weight is 1150 g/mol. The topological polar surface area (TPSA) is 327 Å². The monoisotopic (exact) mass is 1150 g/mol. The van der Waals surface area contributed by atoms with Crippen LogP contribution in [-0.2, 0) is 33.2 Å². The molecule has 3 heterocycles. The number of aliphatic hydroxyl groups is 12. The molecule has 3 rings (SSSR count). The highest BCUT2D eigenvalue weighted by Gasteiger charge is 2.53. The Morgan fingerprint density at radius 2 is 0.800 bits per heavy atom. The highest BCUT2D eigenvalue weighted by Crippen LogP contribution is 2.33. The van der Waals surface area contributed by atoms with E-state index in [2.05, 4.69) is 19.2 Å². The molecule has 0 aliphatic carbocycles. The SMILES string of the molecule is CCCCCCCCCCCCC/C=C/[C@@H](O)[C@H](CO[C@@H]1O[C@H](CO)[C@@H](O[C@@H]2O[C@H](CO)[C@H](O[C@H]3O[C@H](CO)[C@H](O)[C@H](O)[C@H]3O)[C@H](O)[C@H]2O)[C@H](O)[C@H]1O)NC(=O)[C@H](O)CCCCCCCCCCCCCCCCCCCCCC. The van der Waals surface area contributed by atoms with Crippen molar-refractivity contribution in [3.8, 4) is 0 Å². The normalized spacial score (nSPS) is 30.4. The van der Waals surface area contributed by atoms with Crippen LogP contribution in [0.25, 0.3) is 0 Å². The molecular formula is C60H113NO19. The molecule has 3 fully saturated rings. The predicted molar refractivity (Wildman–Crippen MR) is 302 cm³/mol. The maximum Gasteiger partial charge on any atom is 0.249 e. The molecule has 0 unspecified atom stereocenters. The Morgan fingerprint density at radius 3 is 1.21 bits per heavy atom. The molecule has 3 aliphatic rings. The molecule has 0 bridgehead atoms. The van der Waals surface area contributed by atoms with Crippen LogP contribution in [0.15, 0.2) is 12.2 Å². The number of carbonyl (C=O) groups is 1. The van der Waals surface area contributed by atoms with Crippen molar-refractivity contribution in [1.29, 1.82) is 0 Å². The van der Waals surface area contributed by atoms with Crippen LogP contribution in [0.2, 0.25) is 0 Å². The molecule has 472 valence electrons. The second-order valence-corrected chi connectivity index (χ2v) is 23.0. The summed E-state index contributed by atoms with van der Waals surface area (Å²) in [7, 11) is 0. The van der Waals surface area contributed by atoms with Crippen molar-refractivity contribution in [3.05, 3.63) is 12.2 Å². The van der Waals surface area contributed by atoms with E-state index >= 15 is 0 Å². The van der Waals surface area contributed by atoms with Crippen LogP contribution in [0.3, 0.4) is 0 Å². The molecule has 80 heavy (non-hydrogen) atoms. The van der Waals surface area contributed by atoms with Gasteiger partial charge in [-0.05, 0) is 19.3 Å². The van der Waals surface area contributed by atoms with E-state index in [1.54, 1.807) is 6.08 Å². The van der Waals surface area contributed by atoms with Crippen molar-refractivity contribution < 1.29 is 94.5 Å². The Morgan fingerprint density at radius 1 is 0.450 bits per heavy atom. The molecule has 0 spiro atoms. The van der Waals surface area contributed by atoms with Crippen LogP contribution in [0, 0.1) is 0 Å². The Balaban J connectivity index is 1.49. The molecular weight excluding hydrogens is 1040 g/mol. The fraction of sp³-hybridized carbons (Fsp3) is 0.950. The Labute approximate surface area is 478 Å². The standard InChI is InChI=1S/C60H113NO19/c1-3-5-7-9-11-13-15-17-18-19-20-21-22-23-25-27-29-31-33-35-37-44(66)57(74)61-42(43(65)36-34-32-30-28-26-24-16-14-12-10-8-6-4-2)41-75-58-53(72)50(69)55(46(39-63)77-58)80-60-54(73)51(70)56(47(40-64)78-60)79-59-52(71)49(68)48(67)45(38-62)76-59/h34,36,42-56,58-60,62-73H,3-33,35,37-41H2,1-2H3,(H,61,74)/b36-34+/t42-,43+,44+,45+,46+,47+,48-,49-,50+,51+,52+,53+,54+,55+,56-,58+,59+,60-/m0/s1. The van der Waals surface area contributed by atoms with Crippen LogP contribution in [0.4, 0.5) is 0 Å². The van der Waals surface area contributed by atoms with E-state index in [1.807, 2.05) is 6.08 Å². The van der Waals surface area contributed by atoms with E-state index in [4.69, 9.17) is 28.4 Å². The highest BCUT2D eigenvalue weighted by atomic mass is 16.8. The summed E-state index contributed by atoms with van der Waals surface area (Å²) in [5, 5.41) is 131. The zero-order valence-corrected chi connectivity index (χ0v) is 48.9. The first-order chi connectivity index (χ1) is 38.7. The summed E-state index contributed by atoms with van der Waals surface area (Å²) < 4.78 is 34.1. The number of carbonyl (C=O) groups excluding carboxylic acids is 1. The summed E-state index contributed by atoms with van der Waals surface area (Å²) in [6.07, 6.45) is 13.6. The maximum absolute atomic E-state index is 13.4. The summed E-state index contributed by atoms with van der Waals surface area (Å²) in [4.78, 5) is 13.4. The lowest BCUT2D eigenvalue weighted by Crippen LogP contribution is -2.66. The summed E-state index contributed by atoms with van der Waals surface area (Å²) >= 11 is 0. The zero-order chi connectivity index (χ0) is 58.5. The van der Waals surface area contributed by atoms with Crippen LogP contribution in [0.5, 0.6) is 0 Å². The largest absolute Gasteiger partial charge is 0.394 e. The van der Waals surface area contributed by atoms with Gasteiger partial charge in [-0.1, -0.05) is 219 Å². The lowest BCUT2D eigenvalue weighted by atomic mass is 9.96. The third kappa shape index (κ3) is 27.2. The first-order valence-corrected chi connectivity index (χ1v) is 31.5. The molecule has 3 aliphatic heterocycles. The maximum atomic E-state index is 13.4. The fourth-order valence-electron chi connectivity index (χ4n) is 10.9. The van der Waals surface area contributed by atoms with Gasteiger partial charge in [-0.2, -0.15) is 0 Å². The number of aliphatic hydroxyl groups excluding tert-OH is 12. The lowest BCUT2D eigenvalue weighted by Gasteiger charge is -2.48. The van der Waals surface area contributed by atoms with Gasteiger partial charge in [0, 0.05) is 0 Å². The van der Waals surface area contributed by atoms with Gasteiger partial charge in [0.2, 0.25) is 5.91 Å². The van der Waals surface area contributed by atoms with Gasteiger partial charge in [-0.3, -0.25) is 4.79 Å². The Kier molecular flexibility index (Phi) is 40.0. The van der Waals surface area contributed by atoms with Crippen molar-refractivity contribution in [2.75, 3.05) is 26.4 Å². The van der Waals surface area contributed by atoms with Gasteiger partial charge in [0.25, 0.3) is 0 Å². The number of rotatable bonds is 47. The molecule has 1 amide bonds. The Bertz CT molecular complexity index is 1530. The number of unbranched alkanes of at least 4 members (excludes halogenated alkanes) is 30. The predicted octanol–water partition coefficient (Wildman–Crippen LogP) is 5.13. The minimum atomic E-state index is -2.00. The molecule has 0 aromatic rings. The lowest BCUT2D eigenvalue weighted by molar-refractivity contribution is -0.379. The van der Waals surface area contributed by atoms with Crippen molar-refractivity contribution in [1.82, 2.24) is 5.32 Å². The molecule has 13 N–H and O–H groups in total. The van der Waals surface area contributed by atoms with Gasteiger partial charge in [0.05, 0.1) is 38.6 Å².